The van der Waals surface area contributed by atoms with E-state index in [1.165, 1.54) is 24.4 Å². The maximum atomic E-state index is 10.6. The van der Waals surface area contributed by atoms with Gasteiger partial charge in [-0.25, -0.2) is 9.78 Å². The van der Waals surface area contributed by atoms with Crippen LogP contribution in [0.1, 0.15) is 50.2 Å². The molecular weight excluding hydrogens is 337 g/mol. The molecule has 25 heavy (non-hydrogen) atoms. The molecule has 0 amide bonds. The zero-order valence-corrected chi connectivity index (χ0v) is 15.1. The molecule has 1 aliphatic rings. The molecule has 1 unspecified atom stereocenters. The zero-order chi connectivity index (χ0) is 19.2. The van der Waals surface area contributed by atoms with Crippen molar-refractivity contribution in [2.45, 2.75) is 51.4 Å². The summed E-state index contributed by atoms with van der Waals surface area (Å²) in [6.45, 7) is 7.64. The Labute approximate surface area is 146 Å². The van der Waals surface area contributed by atoms with Gasteiger partial charge in [-0.2, -0.15) is 13.2 Å². The van der Waals surface area contributed by atoms with Crippen molar-refractivity contribution in [1.29, 1.82) is 0 Å². The minimum atomic E-state index is -5.08. The summed E-state index contributed by atoms with van der Waals surface area (Å²) in [6, 6.07) is 0.458. The van der Waals surface area contributed by atoms with Crippen molar-refractivity contribution in [3.63, 3.8) is 0 Å². The number of hydrogen-bond donors (Lipinski definition) is 2. The van der Waals surface area contributed by atoms with Crippen LogP contribution in [0, 0.1) is 0 Å². The second-order valence-electron chi connectivity index (χ2n) is 6.63. The molecule has 0 radical (unpaired) electrons. The number of carboxylic acids is 1. The highest BCUT2D eigenvalue weighted by Gasteiger charge is 2.38. The molecule has 2 N–H and O–H groups in total. The molecule has 0 aliphatic carbocycles. The van der Waals surface area contributed by atoms with E-state index in [0.717, 1.165) is 19.6 Å². The van der Waals surface area contributed by atoms with Gasteiger partial charge in [0, 0.05) is 19.3 Å². The van der Waals surface area contributed by atoms with Gasteiger partial charge in [-0.3, -0.25) is 0 Å². The molecule has 1 fully saturated rings. The fourth-order valence-electron chi connectivity index (χ4n) is 2.40. The fourth-order valence-corrected chi connectivity index (χ4v) is 2.40. The van der Waals surface area contributed by atoms with Crippen LogP contribution < -0.4 is 5.32 Å². The number of alkyl halides is 3. The Kier molecular flexibility index (Phi) is 7.88. The van der Waals surface area contributed by atoms with Gasteiger partial charge in [0.05, 0.1) is 11.7 Å². The van der Waals surface area contributed by atoms with Gasteiger partial charge in [0.25, 0.3) is 0 Å². The van der Waals surface area contributed by atoms with Crippen LogP contribution in [0.2, 0.25) is 0 Å². The Balaban J connectivity index is 0.000000381. The molecule has 2 heterocycles. The summed E-state index contributed by atoms with van der Waals surface area (Å²) in [4.78, 5) is 16.0. The highest BCUT2D eigenvalue weighted by Crippen LogP contribution is 2.24. The maximum absolute atomic E-state index is 10.6. The Morgan fingerprint density at radius 3 is 2.48 bits per heavy atom. The van der Waals surface area contributed by atoms with Crippen LogP contribution in [0.4, 0.5) is 13.2 Å². The summed E-state index contributed by atoms with van der Waals surface area (Å²) in [6.07, 6.45) is -0.359. The van der Waals surface area contributed by atoms with E-state index in [4.69, 9.17) is 14.9 Å². The first-order valence-corrected chi connectivity index (χ1v) is 8.27. The molecule has 0 aromatic carbocycles. The highest BCUT2D eigenvalue weighted by atomic mass is 19.4. The van der Waals surface area contributed by atoms with Crippen molar-refractivity contribution in [2.24, 2.45) is 0 Å². The number of aliphatic carboxylic acids is 1. The number of carboxylic acid groups (broad SMARTS) is 1. The first-order chi connectivity index (χ1) is 11.5. The lowest BCUT2D eigenvalue weighted by Crippen LogP contribution is -2.22. The molecule has 2 rings (SSSR count). The van der Waals surface area contributed by atoms with Crippen molar-refractivity contribution < 1.29 is 23.1 Å². The number of nitrogens with zero attached hydrogens (tertiary/aromatic N) is 3. The number of imidazole rings is 1. The molecule has 1 aromatic rings. The molecule has 0 saturated carbocycles. The van der Waals surface area contributed by atoms with Gasteiger partial charge in [0.1, 0.15) is 5.82 Å². The lowest BCUT2D eigenvalue weighted by molar-refractivity contribution is -0.192. The average molecular weight is 364 g/mol. The van der Waals surface area contributed by atoms with Crippen LogP contribution in [0.3, 0.4) is 0 Å². The molecule has 1 saturated heterocycles. The lowest BCUT2D eigenvalue weighted by atomic mass is 10.1. The van der Waals surface area contributed by atoms with Crippen LogP contribution in [-0.2, 0) is 11.3 Å². The number of aromatic nitrogens is 2. The van der Waals surface area contributed by atoms with Gasteiger partial charge in [-0.05, 0) is 39.4 Å². The summed E-state index contributed by atoms with van der Waals surface area (Å²) >= 11 is 0. The number of hydrogen-bond acceptors (Lipinski definition) is 4. The van der Waals surface area contributed by atoms with Crippen LogP contribution in [-0.4, -0.2) is 58.9 Å². The quantitative estimate of drug-likeness (QED) is 0.841. The normalized spacial score (nSPS) is 17.7. The van der Waals surface area contributed by atoms with Crippen molar-refractivity contribution in [2.75, 3.05) is 27.2 Å². The number of halogens is 3. The Bertz CT molecular complexity index is 550. The van der Waals surface area contributed by atoms with Crippen molar-refractivity contribution in [3.05, 3.63) is 17.7 Å². The largest absolute Gasteiger partial charge is 0.490 e. The third kappa shape index (κ3) is 7.03. The molecule has 1 aromatic heterocycles. The van der Waals surface area contributed by atoms with E-state index in [1.807, 2.05) is 0 Å². The van der Waals surface area contributed by atoms with Crippen molar-refractivity contribution >= 4 is 5.97 Å². The molecule has 1 aliphatic heterocycles. The maximum Gasteiger partial charge on any atom is 0.490 e. The monoisotopic (exact) mass is 364 g/mol. The molecular formula is C16H27F3N4O2. The minimum absolute atomic E-state index is 0.458. The third-order valence-electron chi connectivity index (χ3n) is 3.82. The predicted molar refractivity (Wildman–Crippen MR) is 88.5 cm³/mol. The van der Waals surface area contributed by atoms with E-state index >= 15 is 0 Å². The predicted octanol–water partition coefficient (Wildman–Crippen LogP) is 2.63. The van der Waals surface area contributed by atoms with E-state index in [2.05, 4.69) is 48.9 Å². The molecule has 1 atom stereocenters. The Morgan fingerprint density at radius 2 is 2.08 bits per heavy atom. The fraction of sp³-hybridized carbons (Fsp3) is 0.750. The number of rotatable bonds is 5. The second-order valence-corrected chi connectivity index (χ2v) is 6.63. The molecule has 6 nitrogen and oxygen atoms in total. The van der Waals surface area contributed by atoms with E-state index < -0.39 is 12.1 Å². The summed E-state index contributed by atoms with van der Waals surface area (Å²) in [5, 5.41) is 10.7. The third-order valence-corrected chi connectivity index (χ3v) is 3.82. The smallest absolute Gasteiger partial charge is 0.475 e. The standard InChI is InChI=1S/C14H26N4.C2HF3O2/c1-11(2)13-10-18(9-8-17(3)4)14(16-13)12-6-5-7-15-12;3-2(4,5)1(6)7/h10-12,15H,5-9H2,1-4H3;(H,6,7). The lowest BCUT2D eigenvalue weighted by Gasteiger charge is -2.15. The van der Waals surface area contributed by atoms with E-state index in [1.54, 1.807) is 0 Å². The van der Waals surface area contributed by atoms with Crippen LogP contribution in [0.25, 0.3) is 0 Å². The van der Waals surface area contributed by atoms with Gasteiger partial charge in [0.2, 0.25) is 0 Å². The summed E-state index contributed by atoms with van der Waals surface area (Å²) < 4.78 is 34.1. The van der Waals surface area contributed by atoms with Gasteiger partial charge < -0.3 is 19.9 Å². The highest BCUT2D eigenvalue weighted by molar-refractivity contribution is 5.73. The van der Waals surface area contributed by atoms with E-state index in [9.17, 15) is 13.2 Å². The number of likely N-dealkylation sites (N-methyl/N-ethyl adjacent to an activating group) is 1. The van der Waals surface area contributed by atoms with E-state index in [-0.39, 0.29) is 0 Å². The molecule has 0 spiro atoms. The van der Waals surface area contributed by atoms with Gasteiger partial charge in [-0.1, -0.05) is 13.8 Å². The van der Waals surface area contributed by atoms with Crippen LogP contribution in [0.5, 0.6) is 0 Å². The Morgan fingerprint density at radius 1 is 1.48 bits per heavy atom. The number of carbonyl (C=O) groups is 1. The topological polar surface area (TPSA) is 70.4 Å². The zero-order valence-electron chi connectivity index (χ0n) is 15.1. The summed E-state index contributed by atoms with van der Waals surface area (Å²) in [5.74, 6) is -1.02. The summed E-state index contributed by atoms with van der Waals surface area (Å²) in [5.41, 5.74) is 1.22. The first-order valence-electron chi connectivity index (χ1n) is 8.27. The average Bonchev–Trinajstić information content (AvgIpc) is 3.13. The summed E-state index contributed by atoms with van der Waals surface area (Å²) in [7, 11) is 4.24. The number of nitrogens with one attached hydrogen (secondary N) is 1. The Hall–Kier alpha value is -1.61. The first kappa shape index (κ1) is 21.4. The molecule has 9 heteroatoms. The van der Waals surface area contributed by atoms with Crippen LogP contribution in [0.15, 0.2) is 6.20 Å². The second kappa shape index (κ2) is 9.19. The van der Waals surface area contributed by atoms with Crippen molar-refractivity contribution in [1.82, 2.24) is 19.8 Å². The van der Waals surface area contributed by atoms with Crippen molar-refractivity contribution in [3.8, 4) is 0 Å². The van der Waals surface area contributed by atoms with Gasteiger partial charge in [0.15, 0.2) is 0 Å². The molecule has 0 bridgehead atoms. The van der Waals surface area contributed by atoms with Gasteiger partial charge in [-0.15, -0.1) is 0 Å². The SMILES string of the molecule is CC(C)c1cn(CCN(C)C)c(C2CCCN2)n1.O=C(O)C(F)(F)F. The van der Waals surface area contributed by atoms with Gasteiger partial charge >= 0.3 is 12.1 Å². The molecule has 144 valence electrons. The minimum Gasteiger partial charge on any atom is -0.475 e. The van der Waals surface area contributed by atoms with E-state index in [0.29, 0.717) is 12.0 Å². The van der Waals surface area contributed by atoms with Crippen LogP contribution >= 0.6 is 0 Å².